The highest BCUT2D eigenvalue weighted by atomic mass is 19.4. The Morgan fingerprint density at radius 2 is 2.03 bits per heavy atom. The first-order chi connectivity index (χ1) is 13.8. The molecule has 2 heterocycles. The third kappa shape index (κ3) is 5.77. The Bertz CT molecular complexity index is 859. The van der Waals surface area contributed by atoms with Gasteiger partial charge in [-0.15, -0.1) is 0 Å². The monoisotopic (exact) mass is 405 g/mol. The quantitative estimate of drug-likeness (QED) is 0.593. The molecule has 29 heavy (non-hydrogen) atoms. The highest BCUT2D eigenvalue weighted by Gasteiger charge is 2.32. The Balaban J connectivity index is 1.53. The number of aromatic hydroxyl groups is 1. The van der Waals surface area contributed by atoms with E-state index in [1.807, 2.05) is 12.1 Å². The third-order valence-electron chi connectivity index (χ3n) is 4.92. The topological polar surface area (TPSA) is 84.6 Å². The zero-order chi connectivity index (χ0) is 20.9. The van der Waals surface area contributed by atoms with Crippen LogP contribution in [0.25, 0.3) is 0 Å². The standard InChI is InChI=1S/C20H22F3N5O/c21-20(22,23)19-5-4-16(11-26-19)25-12-17(27-24)13-28-8-6-14(7-9-28)15-2-1-3-18(29)10-15/h1-5,10-12,14,24-25,29H,6-9,13H2/b17-12-,27-24?. The van der Waals surface area contributed by atoms with E-state index in [4.69, 9.17) is 5.53 Å². The number of phenolic OH excluding ortho intramolecular Hbond substituents is 1. The number of hydrogen-bond donors (Lipinski definition) is 3. The first kappa shape index (κ1) is 20.8. The van der Waals surface area contributed by atoms with Crippen LogP contribution < -0.4 is 5.32 Å². The van der Waals surface area contributed by atoms with E-state index in [0.29, 0.717) is 23.8 Å². The zero-order valence-electron chi connectivity index (χ0n) is 15.7. The number of phenols is 1. The van der Waals surface area contributed by atoms with Crippen LogP contribution in [-0.4, -0.2) is 34.6 Å². The molecule has 1 aromatic heterocycles. The molecule has 1 aliphatic rings. The van der Waals surface area contributed by atoms with Crippen molar-refractivity contribution in [2.24, 2.45) is 5.11 Å². The second-order valence-corrected chi connectivity index (χ2v) is 6.97. The Labute approximate surface area is 166 Å². The number of alkyl halides is 3. The molecule has 3 rings (SSSR count). The molecule has 0 aliphatic carbocycles. The predicted molar refractivity (Wildman–Crippen MR) is 103 cm³/mol. The Morgan fingerprint density at radius 1 is 1.28 bits per heavy atom. The summed E-state index contributed by atoms with van der Waals surface area (Å²) in [4.78, 5) is 5.57. The molecule has 1 saturated heterocycles. The summed E-state index contributed by atoms with van der Waals surface area (Å²) in [5, 5.41) is 16.0. The summed E-state index contributed by atoms with van der Waals surface area (Å²) in [7, 11) is 0. The maximum Gasteiger partial charge on any atom is 0.433 e. The van der Waals surface area contributed by atoms with E-state index in [1.54, 1.807) is 12.1 Å². The molecule has 1 aromatic carbocycles. The fourth-order valence-corrected chi connectivity index (χ4v) is 3.36. The van der Waals surface area contributed by atoms with Crippen LogP contribution in [0.2, 0.25) is 0 Å². The summed E-state index contributed by atoms with van der Waals surface area (Å²) in [6.07, 6.45) is 0.0108. The van der Waals surface area contributed by atoms with Gasteiger partial charge in [-0.1, -0.05) is 12.1 Å². The Hall–Kier alpha value is -2.94. The van der Waals surface area contributed by atoms with Crippen LogP contribution in [-0.2, 0) is 6.18 Å². The first-order valence-corrected chi connectivity index (χ1v) is 9.23. The van der Waals surface area contributed by atoms with E-state index in [0.717, 1.165) is 43.8 Å². The van der Waals surface area contributed by atoms with Crippen molar-refractivity contribution in [3.05, 3.63) is 65.7 Å². The number of pyridine rings is 1. The minimum Gasteiger partial charge on any atom is -0.508 e. The van der Waals surface area contributed by atoms with Crippen LogP contribution in [0.1, 0.15) is 30.0 Å². The number of benzene rings is 1. The van der Waals surface area contributed by atoms with Gasteiger partial charge in [-0.3, -0.25) is 4.90 Å². The number of piperidine rings is 1. The maximum absolute atomic E-state index is 12.6. The minimum atomic E-state index is -4.47. The smallest absolute Gasteiger partial charge is 0.433 e. The van der Waals surface area contributed by atoms with Gasteiger partial charge in [-0.2, -0.15) is 18.3 Å². The van der Waals surface area contributed by atoms with Gasteiger partial charge in [0.15, 0.2) is 0 Å². The third-order valence-corrected chi connectivity index (χ3v) is 4.92. The number of halogens is 3. The molecule has 1 aliphatic heterocycles. The SMILES string of the molecule is N=N/C(=C\Nc1ccc(C(F)(F)F)nc1)CN1CCC(c2cccc(O)c2)CC1. The predicted octanol–water partition coefficient (Wildman–Crippen LogP) is 4.97. The fourth-order valence-electron chi connectivity index (χ4n) is 3.36. The fraction of sp³-hybridized carbons (Fsp3) is 0.350. The summed E-state index contributed by atoms with van der Waals surface area (Å²) >= 11 is 0. The van der Waals surface area contributed by atoms with Gasteiger partial charge in [0.2, 0.25) is 0 Å². The van der Waals surface area contributed by atoms with Crippen LogP contribution in [0, 0.1) is 5.53 Å². The van der Waals surface area contributed by atoms with Gasteiger partial charge >= 0.3 is 6.18 Å². The average molecular weight is 405 g/mol. The van der Waals surface area contributed by atoms with Gasteiger partial charge in [0.05, 0.1) is 17.6 Å². The molecule has 0 atom stereocenters. The minimum absolute atomic E-state index is 0.270. The largest absolute Gasteiger partial charge is 0.508 e. The number of hydrogen-bond acceptors (Lipinski definition) is 6. The first-order valence-electron chi connectivity index (χ1n) is 9.23. The van der Waals surface area contributed by atoms with Crippen LogP contribution >= 0.6 is 0 Å². The molecular formula is C20H22F3N5O. The highest BCUT2D eigenvalue weighted by molar-refractivity contribution is 5.44. The van der Waals surface area contributed by atoms with Crippen molar-refractivity contribution in [2.45, 2.75) is 24.9 Å². The lowest BCUT2D eigenvalue weighted by Gasteiger charge is -2.32. The lowest BCUT2D eigenvalue weighted by Crippen LogP contribution is -2.34. The van der Waals surface area contributed by atoms with E-state index >= 15 is 0 Å². The lowest BCUT2D eigenvalue weighted by atomic mass is 9.89. The van der Waals surface area contributed by atoms with Gasteiger partial charge in [-0.05, 0) is 61.7 Å². The number of nitrogens with zero attached hydrogens (tertiary/aromatic N) is 3. The van der Waals surface area contributed by atoms with Crippen molar-refractivity contribution in [2.75, 3.05) is 25.0 Å². The Morgan fingerprint density at radius 3 is 2.62 bits per heavy atom. The summed E-state index contributed by atoms with van der Waals surface area (Å²) in [5.41, 5.74) is 8.39. The molecule has 2 aromatic rings. The summed E-state index contributed by atoms with van der Waals surface area (Å²) in [6.45, 7) is 2.13. The van der Waals surface area contributed by atoms with E-state index in [1.165, 1.54) is 12.3 Å². The Kier molecular flexibility index (Phi) is 6.48. The summed E-state index contributed by atoms with van der Waals surface area (Å²) < 4.78 is 37.7. The number of nitrogens with one attached hydrogen (secondary N) is 2. The van der Waals surface area contributed by atoms with Gasteiger partial charge < -0.3 is 10.4 Å². The maximum atomic E-state index is 12.6. The molecule has 0 bridgehead atoms. The van der Waals surface area contributed by atoms with Crippen molar-refractivity contribution in [1.29, 1.82) is 5.53 Å². The van der Waals surface area contributed by atoms with Crippen molar-refractivity contribution in [3.63, 3.8) is 0 Å². The van der Waals surface area contributed by atoms with Crippen LogP contribution in [0.4, 0.5) is 18.9 Å². The van der Waals surface area contributed by atoms with Gasteiger partial charge in [0.1, 0.15) is 11.4 Å². The second-order valence-electron chi connectivity index (χ2n) is 6.97. The number of rotatable bonds is 6. The van der Waals surface area contributed by atoms with E-state index in [2.05, 4.69) is 20.3 Å². The van der Waals surface area contributed by atoms with Crippen molar-refractivity contribution in [3.8, 4) is 5.75 Å². The van der Waals surface area contributed by atoms with Gasteiger partial charge in [-0.25, -0.2) is 10.5 Å². The summed E-state index contributed by atoms with van der Waals surface area (Å²) in [6, 6.07) is 9.51. The van der Waals surface area contributed by atoms with Crippen LogP contribution in [0.15, 0.2) is 59.6 Å². The molecular weight excluding hydrogens is 383 g/mol. The van der Waals surface area contributed by atoms with Crippen molar-refractivity contribution in [1.82, 2.24) is 9.88 Å². The van der Waals surface area contributed by atoms with Gasteiger partial charge in [0.25, 0.3) is 0 Å². The zero-order valence-corrected chi connectivity index (χ0v) is 15.7. The number of anilines is 1. The molecule has 0 radical (unpaired) electrons. The lowest BCUT2D eigenvalue weighted by molar-refractivity contribution is -0.141. The summed E-state index contributed by atoms with van der Waals surface area (Å²) in [5.74, 6) is 0.655. The molecule has 3 N–H and O–H groups in total. The van der Waals surface area contributed by atoms with Crippen molar-refractivity contribution < 1.29 is 18.3 Å². The average Bonchev–Trinajstić information content (AvgIpc) is 2.71. The van der Waals surface area contributed by atoms with Crippen LogP contribution in [0.3, 0.4) is 0 Å². The highest BCUT2D eigenvalue weighted by Crippen LogP contribution is 2.30. The molecule has 0 amide bonds. The molecule has 0 unspecified atom stereocenters. The molecule has 0 spiro atoms. The number of likely N-dealkylation sites (tertiary alicyclic amines) is 1. The van der Waals surface area contributed by atoms with Crippen LogP contribution in [0.5, 0.6) is 5.75 Å². The molecule has 154 valence electrons. The van der Waals surface area contributed by atoms with Gasteiger partial charge in [0, 0.05) is 12.7 Å². The molecule has 0 saturated carbocycles. The van der Waals surface area contributed by atoms with E-state index in [9.17, 15) is 18.3 Å². The second kappa shape index (κ2) is 9.04. The van der Waals surface area contributed by atoms with Crippen molar-refractivity contribution >= 4 is 5.69 Å². The van der Waals surface area contributed by atoms with E-state index in [-0.39, 0.29) is 5.75 Å². The molecule has 6 nitrogen and oxygen atoms in total. The number of aromatic nitrogens is 1. The van der Waals surface area contributed by atoms with E-state index < -0.39 is 11.9 Å². The normalized spacial score (nSPS) is 16.6. The molecule has 1 fully saturated rings. The molecule has 9 heteroatoms.